The molecule has 1 heterocycles. The lowest BCUT2D eigenvalue weighted by atomic mass is 10.1. The van der Waals surface area contributed by atoms with E-state index in [4.69, 9.17) is 4.52 Å². The van der Waals surface area contributed by atoms with Crippen LogP contribution in [0.3, 0.4) is 0 Å². The predicted molar refractivity (Wildman–Crippen MR) is 139 cm³/mol. The fraction of sp³-hybridized carbons (Fsp3) is 0.519. The molecule has 1 aromatic heterocycles. The quantitative estimate of drug-likeness (QED) is 0.216. The molecule has 4 nitrogen and oxygen atoms in total. The second-order valence-corrected chi connectivity index (χ2v) is 11.2. The zero-order chi connectivity index (χ0) is 23.2. The van der Waals surface area contributed by atoms with E-state index in [-0.39, 0.29) is 0 Å². The summed E-state index contributed by atoms with van der Waals surface area (Å²) in [6.45, 7) is 11.8. The van der Waals surface area contributed by atoms with Gasteiger partial charge in [0.25, 0.3) is 0 Å². The smallest absolute Gasteiger partial charge is 0.200 e. The Morgan fingerprint density at radius 1 is 0.875 bits per heavy atom. The fourth-order valence-electron chi connectivity index (χ4n) is 3.66. The van der Waals surface area contributed by atoms with E-state index in [1.54, 1.807) is 6.66 Å². The number of hydrogen-bond donors (Lipinski definition) is 0. The van der Waals surface area contributed by atoms with Gasteiger partial charge in [0.05, 0.1) is 6.61 Å². The lowest BCUT2D eigenvalue weighted by Gasteiger charge is -2.24. The van der Waals surface area contributed by atoms with Crippen LogP contribution in [0.4, 0.5) is 5.69 Å². The number of aromatic nitrogens is 1. The van der Waals surface area contributed by atoms with Crippen molar-refractivity contribution >= 4 is 25.2 Å². The van der Waals surface area contributed by atoms with Crippen LogP contribution in [0.25, 0.3) is 12.2 Å². The minimum Gasteiger partial charge on any atom is -0.372 e. The largest absolute Gasteiger partial charge is 0.372 e. The van der Waals surface area contributed by atoms with Crippen LogP contribution >= 0.6 is 7.37 Å². The normalized spacial score (nSPS) is 13.4. The molecule has 0 aliphatic carbocycles. The molecule has 1 unspecified atom stereocenters. The zero-order valence-electron chi connectivity index (χ0n) is 20.5. The van der Waals surface area contributed by atoms with Gasteiger partial charge in [0.15, 0.2) is 19.8 Å². The van der Waals surface area contributed by atoms with E-state index in [1.807, 2.05) is 6.92 Å². The molecule has 1 atom stereocenters. The molecule has 0 aliphatic heterocycles. The maximum atomic E-state index is 12.2. The molecule has 0 fully saturated rings. The van der Waals surface area contributed by atoms with Gasteiger partial charge in [-0.1, -0.05) is 51.0 Å². The third-order valence-corrected chi connectivity index (χ3v) is 7.52. The van der Waals surface area contributed by atoms with Gasteiger partial charge in [0, 0.05) is 50.2 Å². The van der Waals surface area contributed by atoms with Gasteiger partial charge in [-0.25, -0.2) is 4.57 Å². The van der Waals surface area contributed by atoms with Crippen LogP contribution in [0.2, 0.25) is 0 Å². The number of pyridine rings is 1. The Labute approximate surface area is 195 Å². The highest BCUT2D eigenvalue weighted by molar-refractivity contribution is 7.58. The number of nitrogens with zero attached hydrogens (tertiary/aromatic N) is 2. The van der Waals surface area contributed by atoms with Crippen molar-refractivity contribution in [2.75, 3.05) is 37.4 Å². The van der Waals surface area contributed by atoms with Crippen LogP contribution in [-0.4, -0.2) is 32.5 Å². The first-order chi connectivity index (χ1) is 15.5. The summed E-state index contributed by atoms with van der Waals surface area (Å²) in [6.07, 6.45) is 14.9. The average molecular weight is 458 g/mol. The summed E-state index contributed by atoms with van der Waals surface area (Å²) < 4.78 is 19.7. The number of unbranched alkanes of at least 4 members (excludes halogenated alkanes) is 2. The van der Waals surface area contributed by atoms with Crippen molar-refractivity contribution in [1.82, 2.24) is 0 Å². The van der Waals surface area contributed by atoms with Gasteiger partial charge in [-0.15, -0.1) is 0 Å². The molecule has 2 aromatic rings. The number of benzene rings is 1. The first-order valence-corrected chi connectivity index (χ1v) is 14.5. The first-order valence-electron chi connectivity index (χ1n) is 12.2. The molecule has 0 saturated carbocycles. The van der Waals surface area contributed by atoms with Crippen molar-refractivity contribution in [1.29, 1.82) is 0 Å². The van der Waals surface area contributed by atoms with Gasteiger partial charge < -0.3 is 9.42 Å². The Bertz CT molecular complexity index is 839. The Morgan fingerprint density at radius 3 is 1.97 bits per heavy atom. The second kappa shape index (κ2) is 14.3. The summed E-state index contributed by atoms with van der Waals surface area (Å²) in [5, 5.41) is 0. The zero-order valence-corrected chi connectivity index (χ0v) is 21.4. The molecule has 176 valence electrons. The number of hydrogen-bond acceptors (Lipinski definition) is 3. The Hall–Kier alpha value is -1.90. The van der Waals surface area contributed by atoms with E-state index in [0.29, 0.717) is 12.8 Å². The number of rotatable bonds is 15. The van der Waals surface area contributed by atoms with Gasteiger partial charge >= 0.3 is 0 Å². The van der Waals surface area contributed by atoms with Crippen molar-refractivity contribution in [3.05, 3.63) is 59.9 Å². The van der Waals surface area contributed by atoms with Crippen LogP contribution in [0.1, 0.15) is 64.0 Å². The molecule has 32 heavy (non-hydrogen) atoms. The Balaban J connectivity index is 1.90. The third kappa shape index (κ3) is 9.71. The van der Waals surface area contributed by atoms with Crippen LogP contribution in [0.15, 0.2) is 48.8 Å². The van der Waals surface area contributed by atoms with E-state index in [0.717, 1.165) is 26.1 Å². The second-order valence-electron chi connectivity index (χ2n) is 8.50. The van der Waals surface area contributed by atoms with E-state index in [2.05, 4.69) is 84.3 Å². The van der Waals surface area contributed by atoms with Crippen molar-refractivity contribution in [3.8, 4) is 0 Å². The topological polar surface area (TPSA) is 33.4 Å². The predicted octanol–water partition coefficient (Wildman–Crippen LogP) is 6.89. The maximum Gasteiger partial charge on any atom is 0.200 e. The molecule has 0 saturated heterocycles. The van der Waals surface area contributed by atoms with Crippen LogP contribution in [0.5, 0.6) is 0 Å². The molecular formula is C27H42N2O2P+. The molecule has 1 aromatic carbocycles. The summed E-state index contributed by atoms with van der Waals surface area (Å²) in [4.78, 5) is 2.52. The molecule has 0 spiro atoms. The van der Waals surface area contributed by atoms with E-state index < -0.39 is 7.37 Å². The van der Waals surface area contributed by atoms with E-state index in [9.17, 15) is 4.57 Å². The lowest BCUT2D eigenvalue weighted by molar-refractivity contribution is -0.696. The first kappa shape index (κ1) is 26.4. The van der Waals surface area contributed by atoms with Gasteiger partial charge in [-0.2, -0.15) is 0 Å². The van der Waals surface area contributed by atoms with Gasteiger partial charge in [0.2, 0.25) is 0 Å². The standard InChI is InChI=1S/C27H42N2O2P/c1-5-8-20-29(21-9-6-2)27-15-13-25(14-16-27)11-12-26-17-22-28(23-18-26)19-10-24-32(4,30)31-7-3/h11-18,22-23H,5-10,19-21,24H2,1-4H3/q+1. The highest BCUT2D eigenvalue weighted by Gasteiger charge is 2.15. The fourth-order valence-corrected chi connectivity index (χ4v) is 5.05. The van der Waals surface area contributed by atoms with Crippen molar-refractivity contribution < 1.29 is 13.7 Å². The molecule has 2 rings (SSSR count). The summed E-state index contributed by atoms with van der Waals surface area (Å²) >= 11 is 0. The monoisotopic (exact) mass is 457 g/mol. The molecule has 0 radical (unpaired) electrons. The van der Waals surface area contributed by atoms with E-state index in [1.165, 1.54) is 42.5 Å². The minimum absolute atomic E-state index is 0.515. The number of anilines is 1. The summed E-state index contributed by atoms with van der Waals surface area (Å²) in [5.74, 6) is 0. The van der Waals surface area contributed by atoms with Gasteiger partial charge in [-0.05, 0) is 43.0 Å². The van der Waals surface area contributed by atoms with Crippen LogP contribution < -0.4 is 9.47 Å². The lowest BCUT2D eigenvalue weighted by Crippen LogP contribution is -2.32. The molecule has 0 N–H and O–H groups in total. The number of aryl methyl sites for hydroxylation is 1. The van der Waals surface area contributed by atoms with Crippen LogP contribution in [-0.2, 0) is 15.6 Å². The molecular weight excluding hydrogens is 415 g/mol. The molecule has 0 bridgehead atoms. The van der Waals surface area contributed by atoms with Crippen molar-refractivity contribution in [3.63, 3.8) is 0 Å². The summed E-state index contributed by atoms with van der Waals surface area (Å²) in [6, 6.07) is 13.2. The van der Waals surface area contributed by atoms with E-state index >= 15 is 0 Å². The van der Waals surface area contributed by atoms with Crippen LogP contribution in [0, 0.1) is 0 Å². The Kier molecular flexibility index (Phi) is 11.8. The van der Waals surface area contributed by atoms with Crippen molar-refractivity contribution in [2.24, 2.45) is 0 Å². The SMILES string of the molecule is CCCCN(CCCC)c1ccc(C=Cc2cc[n+](CCCP(C)(=O)OCC)cc2)cc1. The molecule has 5 heteroatoms. The van der Waals surface area contributed by atoms with Gasteiger partial charge in [-0.3, -0.25) is 4.57 Å². The maximum absolute atomic E-state index is 12.2. The highest BCUT2D eigenvalue weighted by atomic mass is 31.2. The summed E-state index contributed by atoms with van der Waals surface area (Å²) in [7, 11) is -2.43. The average Bonchev–Trinajstić information content (AvgIpc) is 2.79. The summed E-state index contributed by atoms with van der Waals surface area (Å²) in [5.41, 5.74) is 3.71. The minimum atomic E-state index is -2.43. The van der Waals surface area contributed by atoms with Gasteiger partial charge in [0.1, 0.15) is 6.54 Å². The highest BCUT2D eigenvalue weighted by Crippen LogP contribution is 2.42. The Morgan fingerprint density at radius 2 is 1.44 bits per heavy atom. The molecule has 0 aliphatic rings. The van der Waals surface area contributed by atoms with Crippen molar-refractivity contribution in [2.45, 2.75) is 59.4 Å². The third-order valence-electron chi connectivity index (χ3n) is 5.59. The molecule has 0 amide bonds.